The third kappa shape index (κ3) is 1.89. The molecular weight excluding hydrogens is 200 g/mol. The van der Waals surface area contributed by atoms with E-state index in [2.05, 4.69) is 9.58 Å². The zero-order valence-electron chi connectivity index (χ0n) is 8.67. The standard InChI is InChI=1S/C12H10N4/c13-15-10-6-7-11(12(8-10)16-14)9-4-2-1-3-5-9/h1-5,7H,6,8H2. The maximum atomic E-state index is 8.95. The van der Waals surface area contributed by atoms with Gasteiger partial charge < -0.3 is 11.1 Å². The zero-order valence-corrected chi connectivity index (χ0v) is 8.67. The van der Waals surface area contributed by atoms with E-state index < -0.39 is 0 Å². The molecule has 0 aliphatic heterocycles. The lowest BCUT2D eigenvalue weighted by Crippen LogP contribution is -2.16. The first-order valence-corrected chi connectivity index (χ1v) is 5.02. The molecule has 4 heteroatoms. The lowest BCUT2D eigenvalue weighted by molar-refractivity contribution is -0.0170. The van der Waals surface area contributed by atoms with Crippen molar-refractivity contribution in [3.63, 3.8) is 0 Å². The molecule has 16 heavy (non-hydrogen) atoms. The van der Waals surface area contributed by atoms with Crippen LogP contribution in [-0.2, 0) is 0 Å². The third-order valence-electron chi connectivity index (χ3n) is 2.57. The van der Waals surface area contributed by atoms with Crippen LogP contribution >= 0.6 is 0 Å². The van der Waals surface area contributed by atoms with Gasteiger partial charge in [-0.2, -0.15) is 9.58 Å². The summed E-state index contributed by atoms with van der Waals surface area (Å²) in [5.41, 5.74) is 20.7. The van der Waals surface area contributed by atoms with Crippen molar-refractivity contribution in [2.24, 2.45) is 0 Å². The molecule has 0 atom stereocenters. The number of benzene rings is 1. The first-order chi connectivity index (χ1) is 7.85. The van der Waals surface area contributed by atoms with Crippen molar-refractivity contribution in [3.05, 3.63) is 53.0 Å². The molecule has 0 fully saturated rings. The topological polar surface area (TPSA) is 72.8 Å². The molecule has 0 saturated carbocycles. The number of hydrogen-bond donors (Lipinski definition) is 0. The largest absolute Gasteiger partial charge is 0.362 e. The Morgan fingerprint density at radius 1 is 1.00 bits per heavy atom. The Morgan fingerprint density at radius 2 is 1.75 bits per heavy atom. The van der Waals surface area contributed by atoms with Crippen molar-refractivity contribution in [3.8, 4) is 0 Å². The number of nitrogens with zero attached hydrogens (tertiary/aromatic N) is 4. The van der Waals surface area contributed by atoms with Gasteiger partial charge in [-0.05, 0) is 5.56 Å². The predicted molar refractivity (Wildman–Crippen MR) is 60.9 cm³/mol. The van der Waals surface area contributed by atoms with Gasteiger partial charge in [0.15, 0.2) is 0 Å². The Bertz CT molecular complexity index is 529. The highest BCUT2D eigenvalue weighted by Gasteiger charge is 2.28. The molecule has 0 spiro atoms. The fourth-order valence-electron chi connectivity index (χ4n) is 1.77. The predicted octanol–water partition coefficient (Wildman–Crippen LogP) is 2.21. The van der Waals surface area contributed by atoms with Crippen LogP contribution in [0.2, 0.25) is 0 Å². The molecule has 0 aromatic heterocycles. The quantitative estimate of drug-likeness (QED) is 0.503. The van der Waals surface area contributed by atoms with Gasteiger partial charge in [0.1, 0.15) is 6.42 Å². The maximum absolute atomic E-state index is 8.95. The van der Waals surface area contributed by atoms with E-state index in [4.69, 9.17) is 11.1 Å². The molecule has 1 aromatic rings. The number of allylic oxidation sites excluding steroid dienone is 2. The van der Waals surface area contributed by atoms with Crippen LogP contribution in [-0.4, -0.2) is 21.0 Å². The van der Waals surface area contributed by atoms with Gasteiger partial charge >= 0.3 is 5.71 Å². The molecule has 1 aliphatic rings. The fraction of sp³-hybridized carbons (Fsp3) is 0.167. The third-order valence-corrected chi connectivity index (χ3v) is 2.57. The summed E-state index contributed by atoms with van der Waals surface area (Å²) < 4.78 is 0. The normalized spacial score (nSPS) is 15.1. The molecule has 4 nitrogen and oxygen atoms in total. The summed E-state index contributed by atoms with van der Waals surface area (Å²) in [7, 11) is 0. The van der Waals surface area contributed by atoms with E-state index in [0.717, 1.165) is 11.1 Å². The van der Waals surface area contributed by atoms with Crippen LogP contribution in [0.1, 0.15) is 18.4 Å². The molecule has 0 N–H and O–H groups in total. The molecule has 1 aromatic carbocycles. The molecule has 1 aliphatic carbocycles. The van der Waals surface area contributed by atoms with Gasteiger partial charge in [-0.15, -0.1) is 0 Å². The Labute approximate surface area is 93.1 Å². The second-order valence-electron chi connectivity index (χ2n) is 3.58. The molecule has 0 amide bonds. The van der Waals surface area contributed by atoms with Crippen LogP contribution < -0.4 is 0 Å². The van der Waals surface area contributed by atoms with Gasteiger partial charge in [0.2, 0.25) is 0 Å². The lowest BCUT2D eigenvalue weighted by Gasteiger charge is -2.06. The van der Waals surface area contributed by atoms with Crippen molar-refractivity contribution in [1.82, 2.24) is 0 Å². The second-order valence-corrected chi connectivity index (χ2v) is 3.58. The van der Waals surface area contributed by atoms with E-state index in [-0.39, 0.29) is 0 Å². The van der Waals surface area contributed by atoms with Crippen molar-refractivity contribution < 1.29 is 9.58 Å². The SMILES string of the molecule is [N-]=[N+]=C1CC=C(c2ccccc2)C(=[N+]=[N-])C1. The Morgan fingerprint density at radius 3 is 2.38 bits per heavy atom. The summed E-state index contributed by atoms with van der Waals surface area (Å²) in [5.74, 6) is 0. The molecule has 0 unspecified atom stereocenters. The first-order valence-electron chi connectivity index (χ1n) is 5.02. The molecule has 0 heterocycles. The zero-order chi connectivity index (χ0) is 11.4. The Hall–Kier alpha value is -2.28. The highest BCUT2D eigenvalue weighted by atomic mass is 14.9. The van der Waals surface area contributed by atoms with Crippen LogP contribution in [0.3, 0.4) is 0 Å². The molecule has 0 bridgehead atoms. The lowest BCUT2D eigenvalue weighted by atomic mass is 9.91. The minimum Gasteiger partial charge on any atom is -0.362 e. The Kier molecular flexibility index (Phi) is 2.88. The molecule has 0 radical (unpaired) electrons. The minimum absolute atomic E-state index is 0.383. The smallest absolute Gasteiger partial charge is 0.310 e. The van der Waals surface area contributed by atoms with Crippen molar-refractivity contribution in [2.75, 3.05) is 0 Å². The van der Waals surface area contributed by atoms with E-state index in [1.54, 1.807) is 0 Å². The van der Waals surface area contributed by atoms with Gasteiger partial charge in [-0.3, -0.25) is 0 Å². The second kappa shape index (κ2) is 4.49. The van der Waals surface area contributed by atoms with E-state index in [1.165, 1.54) is 0 Å². The Balaban J connectivity index is 2.46. The molecular formula is C12H10N4. The molecule has 2 rings (SSSR count). The van der Waals surface area contributed by atoms with Crippen LogP contribution in [0.25, 0.3) is 16.6 Å². The van der Waals surface area contributed by atoms with Crippen molar-refractivity contribution in [1.29, 1.82) is 0 Å². The number of rotatable bonds is 1. The van der Waals surface area contributed by atoms with Gasteiger partial charge in [0.25, 0.3) is 5.71 Å². The van der Waals surface area contributed by atoms with E-state index in [1.807, 2.05) is 36.4 Å². The van der Waals surface area contributed by atoms with Gasteiger partial charge in [0.05, 0.1) is 12.0 Å². The summed E-state index contributed by atoms with van der Waals surface area (Å²) in [5, 5.41) is 0. The van der Waals surface area contributed by atoms with E-state index in [9.17, 15) is 0 Å². The van der Waals surface area contributed by atoms with Crippen LogP contribution in [0, 0.1) is 0 Å². The summed E-state index contributed by atoms with van der Waals surface area (Å²) >= 11 is 0. The van der Waals surface area contributed by atoms with Gasteiger partial charge in [-0.1, -0.05) is 36.4 Å². The summed E-state index contributed by atoms with van der Waals surface area (Å²) in [6, 6.07) is 9.71. The summed E-state index contributed by atoms with van der Waals surface area (Å²) in [4.78, 5) is 6.41. The summed E-state index contributed by atoms with van der Waals surface area (Å²) in [6.45, 7) is 0. The highest BCUT2D eigenvalue weighted by molar-refractivity contribution is 6.28. The minimum atomic E-state index is 0.383. The van der Waals surface area contributed by atoms with Crippen LogP contribution in [0.5, 0.6) is 0 Å². The van der Waals surface area contributed by atoms with Crippen LogP contribution in [0.4, 0.5) is 0 Å². The average molecular weight is 210 g/mol. The fourth-order valence-corrected chi connectivity index (χ4v) is 1.77. The van der Waals surface area contributed by atoms with Gasteiger partial charge in [0, 0.05) is 0 Å². The molecule has 78 valence electrons. The highest BCUT2D eigenvalue weighted by Crippen LogP contribution is 2.21. The summed E-state index contributed by atoms with van der Waals surface area (Å²) in [6.07, 6.45) is 2.87. The first kappa shape index (κ1) is 10.2. The van der Waals surface area contributed by atoms with E-state index in [0.29, 0.717) is 24.3 Å². The maximum Gasteiger partial charge on any atom is 0.310 e. The van der Waals surface area contributed by atoms with Gasteiger partial charge in [-0.25, -0.2) is 0 Å². The average Bonchev–Trinajstić information content (AvgIpc) is 2.39. The van der Waals surface area contributed by atoms with Crippen molar-refractivity contribution in [2.45, 2.75) is 12.8 Å². The monoisotopic (exact) mass is 210 g/mol. The van der Waals surface area contributed by atoms with Crippen LogP contribution in [0.15, 0.2) is 36.4 Å². The number of hydrogen-bond acceptors (Lipinski definition) is 0. The molecule has 0 saturated heterocycles. The van der Waals surface area contributed by atoms with E-state index >= 15 is 0 Å². The van der Waals surface area contributed by atoms with Crippen molar-refractivity contribution >= 4 is 17.0 Å².